The van der Waals surface area contributed by atoms with Gasteiger partial charge in [-0.3, -0.25) is 4.79 Å². The number of carboxylic acid groups (broad SMARTS) is 1. The average Bonchev–Trinajstić information content (AvgIpc) is 2.84. The molecule has 0 saturated heterocycles. The van der Waals surface area contributed by atoms with E-state index in [1.807, 2.05) is 36.5 Å². The first kappa shape index (κ1) is 12.2. The van der Waals surface area contributed by atoms with E-state index in [0.29, 0.717) is 13.0 Å². The molecule has 94 valence electrons. The van der Waals surface area contributed by atoms with Crippen LogP contribution in [-0.2, 0) is 4.79 Å². The molecule has 1 heterocycles. The van der Waals surface area contributed by atoms with Crippen LogP contribution in [-0.4, -0.2) is 27.4 Å². The lowest BCUT2D eigenvalue weighted by molar-refractivity contribution is -0.137. The van der Waals surface area contributed by atoms with Gasteiger partial charge in [-0.25, -0.2) is 4.68 Å². The van der Waals surface area contributed by atoms with Gasteiger partial charge in [0.05, 0.1) is 23.8 Å². The summed E-state index contributed by atoms with van der Waals surface area (Å²) in [6, 6.07) is 9.81. The summed E-state index contributed by atoms with van der Waals surface area (Å²) in [6.45, 7) is 0.632. The van der Waals surface area contributed by atoms with E-state index in [0.717, 1.165) is 11.4 Å². The maximum atomic E-state index is 10.4. The van der Waals surface area contributed by atoms with Crippen molar-refractivity contribution in [1.82, 2.24) is 9.78 Å². The Balaban J connectivity index is 1.89. The van der Waals surface area contributed by atoms with Gasteiger partial charge in [-0.2, -0.15) is 5.10 Å². The molecule has 2 rings (SSSR count). The van der Waals surface area contributed by atoms with Crippen molar-refractivity contribution in [1.29, 1.82) is 0 Å². The molecule has 0 unspecified atom stereocenters. The molecule has 1 aromatic heterocycles. The number of anilines is 1. The van der Waals surface area contributed by atoms with E-state index in [4.69, 9.17) is 5.11 Å². The third-order valence-corrected chi connectivity index (χ3v) is 2.50. The number of carboxylic acids is 1. The van der Waals surface area contributed by atoms with Crippen LogP contribution in [0.3, 0.4) is 0 Å². The average molecular weight is 245 g/mol. The van der Waals surface area contributed by atoms with E-state index in [2.05, 4.69) is 10.4 Å². The highest BCUT2D eigenvalue weighted by molar-refractivity contribution is 5.66. The predicted octanol–water partition coefficient (Wildman–Crippen LogP) is 2.15. The first-order chi connectivity index (χ1) is 8.75. The van der Waals surface area contributed by atoms with E-state index < -0.39 is 5.97 Å². The topological polar surface area (TPSA) is 67.2 Å². The van der Waals surface area contributed by atoms with Gasteiger partial charge in [0.25, 0.3) is 0 Å². The summed E-state index contributed by atoms with van der Waals surface area (Å²) >= 11 is 0. The molecule has 0 amide bonds. The van der Waals surface area contributed by atoms with Gasteiger partial charge in [-0.05, 0) is 18.6 Å². The van der Waals surface area contributed by atoms with Gasteiger partial charge in [0.15, 0.2) is 0 Å². The Hall–Kier alpha value is -2.30. The third-order valence-electron chi connectivity index (χ3n) is 2.50. The fraction of sp³-hybridized carbons (Fsp3) is 0.231. The lowest BCUT2D eigenvalue weighted by Crippen LogP contribution is -2.04. The molecule has 0 aliphatic carbocycles. The Morgan fingerprint density at radius 1 is 1.33 bits per heavy atom. The third kappa shape index (κ3) is 3.35. The van der Waals surface area contributed by atoms with Crippen molar-refractivity contribution in [3.05, 3.63) is 42.7 Å². The van der Waals surface area contributed by atoms with Crippen LogP contribution < -0.4 is 5.32 Å². The highest BCUT2D eigenvalue weighted by Gasteiger charge is 2.00. The van der Waals surface area contributed by atoms with Crippen LogP contribution in [0.2, 0.25) is 0 Å². The van der Waals surface area contributed by atoms with Crippen LogP contribution in [0.25, 0.3) is 5.69 Å². The van der Waals surface area contributed by atoms with Crippen molar-refractivity contribution in [3.8, 4) is 5.69 Å². The van der Waals surface area contributed by atoms with Crippen LogP contribution in [0.5, 0.6) is 0 Å². The van der Waals surface area contributed by atoms with E-state index in [1.165, 1.54) is 0 Å². The Bertz CT molecular complexity index is 508. The van der Waals surface area contributed by atoms with Crippen LogP contribution in [0, 0.1) is 0 Å². The highest BCUT2D eigenvalue weighted by atomic mass is 16.4. The lowest BCUT2D eigenvalue weighted by atomic mass is 10.3. The van der Waals surface area contributed by atoms with Gasteiger partial charge >= 0.3 is 5.97 Å². The Labute approximate surface area is 105 Å². The number of para-hydroxylation sites is 1. The Kier molecular flexibility index (Phi) is 3.96. The van der Waals surface area contributed by atoms with E-state index in [9.17, 15) is 4.79 Å². The molecule has 0 fully saturated rings. The maximum Gasteiger partial charge on any atom is 0.303 e. The summed E-state index contributed by atoms with van der Waals surface area (Å²) in [6.07, 6.45) is 4.40. The smallest absolute Gasteiger partial charge is 0.303 e. The summed E-state index contributed by atoms with van der Waals surface area (Å²) in [4.78, 5) is 10.4. The molecule has 18 heavy (non-hydrogen) atoms. The first-order valence-electron chi connectivity index (χ1n) is 5.81. The van der Waals surface area contributed by atoms with E-state index in [1.54, 1.807) is 10.9 Å². The summed E-state index contributed by atoms with van der Waals surface area (Å²) in [5.74, 6) is -0.767. The number of hydrogen-bond donors (Lipinski definition) is 2. The molecular weight excluding hydrogens is 230 g/mol. The van der Waals surface area contributed by atoms with Crippen molar-refractivity contribution in [2.75, 3.05) is 11.9 Å². The molecule has 2 N–H and O–H groups in total. The minimum atomic E-state index is -0.767. The van der Waals surface area contributed by atoms with Gasteiger partial charge < -0.3 is 10.4 Å². The van der Waals surface area contributed by atoms with Crippen molar-refractivity contribution >= 4 is 11.7 Å². The molecule has 5 nitrogen and oxygen atoms in total. The monoisotopic (exact) mass is 245 g/mol. The van der Waals surface area contributed by atoms with Crippen molar-refractivity contribution in [2.45, 2.75) is 12.8 Å². The number of hydrogen-bond acceptors (Lipinski definition) is 3. The molecule has 1 aromatic carbocycles. The molecule has 5 heteroatoms. The second kappa shape index (κ2) is 5.86. The molecule has 0 spiro atoms. The number of nitrogens with one attached hydrogen (secondary N) is 1. The second-order valence-electron chi connectivity index (χ2n) is 3.93. The van der Waals surface area contributed by atoms with Crippen LogP contribution >= 0.6 is 0 Å². The fourth-order valence-corrected chi connectivity index (χ4v) is 1.61. The molecule has 0 aliphatic rings. The molecule has 2 aromatic rings. The summed E-state index contributed by atoms with van der Waals surface area (Å²) < 4.78 is 1.78. The molecular formula is C13H15N3O2. The normalized spacial score (nSPS) is 10.2. The van der Waals surface area contributed by atoms with Crippen LogP contribution in [0.4, 0.5) is 5.69 Å². The molecule has 0 saturated carbocycles. The minimum Gasteiger partial charge on any atom is -0.481 e. The van der Waals surface area contributed by atoms with Crippen molar-refractivity contribution < 1.29 is 9.90 Å². The predicted molar refractivity (Wildman–Crippen MR) is 68.9 cm³/mol. The Morgan fingerprint density at radius 3 is 2.83 bits per heavy atom. The molecule has 0 radical (unpaired) electrons. The number of aliphatic carboxylic acids is 1. The van der Waals surface area contributed by atoms with Gasteiger partial charge in [0.2, 0.25) is 0 Å². The quantitative estimate of drug-likeness (QED) is 0.765. The number of aromatic nitrogens is 2. The van der Waals surface area contributed by atoms with E-state index >= 15 is 0 Å². The fourth-order valence-electron chi connectivity index (χ4n) is 1.61. The van der Waals surface area contributed by atoms with Gasteiger partial charge in [0.1, 0.15) is 0 Å². The van der Waals surface area contributed by atoms with Crippen molar-refractivity contribution in [3.63, 3.8) is 0 Å². The molecule has 0 atom stereocenters. The molecule has 0 bridgehead atoms. The lowest BCUT2D eigenvalue weighted by Gasteiger charge is -2.01. The largest absolute Gasteiger partial charge is 0.481 e. The second-order valence-corrected chi connectivity index (χ2v) is 3.93. The number of nitrogens with zero attached hydrogens (tertiary/aromatic N) is 2. The number of rotatable bonds is 6. The van der Waals surface area contributed by atoms with Gasteiger partial charge in [0, 0.05) is 13.0 Å². The highest BCUT2D eigenvalue weighted by Crippen LogP contribution is 2.11. The zero-order valence-electron chi connectivity index (χ0n) is 9.91. The molecule has 0 aliphatic heterocycles. The minimum absolute atomic E-state index is 0.180. The zero-order valence-corrected chi connectivity index (χ0v) is 9.91. The number of carbonyl (C=O) groups is 1. The summed E-state index contributed by atoms with van der Waals surface area (Å²) in [5.41, 5.74) is 1.89. The van der Waals surface area contributed by atoms with Gasteiger partial charge in [-0.15, -0.1) is 0 Å². The maximum absolute atomic E-state index is 10.4. The van der Waals surface area contributed by atoms with E-state index in [-0.39, 0.29) is 6.42 Å². The SMILES string of the molecule is O=C(O)CCCNc1cnn(-c2ccccc2)c1. The number of benzene rings is 1. The first-order valence-corrected chi connectivity index (χ1v) is 5.81. The van der Waals surface area contributed by atoms with Crippen LogP contribution in [0.1, 0.15) is 12.8 Å². The van der Waals surface area contributed by atoms with Crippen molar-refractivity contribution in [2.24, 2.45) is 0 Å². The van der Waals surface area contributed by atoms with Gasteiger partial charge in [-0.1, -0.05) is 18.2 Å². The zero-order chi connectivity index (χ0) is 12.8. The summed E-state index contributed by atoms with van der Waals surface area (Å²) in [5, 5.41) is 15.9. The van der Waals surface area contributed by atoms with Crippen LogP contribution in [0.15, 0.2) is 42.7 Å². The summed E-state index contributed by atoms with van der Waals surface area (Å²) in [7, 11) is 0. The Morgan fingerprint density at radius 2 is 2.11 bits per heavy atom. The standard InChI is InChI=1S/C13H15N3O2/c17-13(18)7-4-8-14-11-9-15-16(10-11)12-5-2-1-3-6-12/h1-3,5-6,9-10,14H,4,7-8H2,(H,17,18).